The Kier molecular flexibility index (Phi) is 7.05. The number of hydrogen-bond donors (Lipinski definition) is 1. The van der Waals surface area contributed by atoms with Crippen LogP contribution < -0.4 is 10.2 Å². The van der Waals surface area contributed by atoms with Crippen LogP contribution in [0.4, 0.5) is 15.8 Å². The maximum Gasteiger partial charge on any atom is 0.255 e. The summed E-state index contributed by atoms with van der Waals surface area (Å²) in [5, 5.41) is 2.67. The van der Waals surface area contributed by atoms with Crippen molar-refractivity contribution in [2.75, 3.05) is 36.4 Å². The molecular weight excluding hydrogens is 441 g/mol. The van der Waals surface area contributed by atoms with E-state index in [4.69, 9.17) is 0 Å². The van der Waals surface area contributed by atoms with Gasteiger partial charge < -0.3 is 10.2 Å². The number of carbonyl (C=O) groups is 1. The lowest BCUT2D eigenvalue weighted by Gasteiger charge is -2.35. The molecule has 178 valence electrons. The molecule has 0 atom stereocenters. The molecule has 6 nitrogen and oxygen atoms in total. The third-order valence-corrected chi connectivity index (χ3v) is 8.72. The normalized spacial score (nSPS) is 18.9. The quantitative estimate of drug-likeness (QED) is 0.681. The molecule has 1 amide bonds. The minimum absolute atomic E-state index is 0.179. The van der Waals surface area contributed by atoms with E-state index < -0.39 is 21.7 Å². The highest BCUT2D eigenvalue weighted by molar-refractivity contribution is 7.89. The van der Waals surface area contributed by atoms with Gasteiger partial charge in [-0.05, 0) is 73.9 Å². The van der Waals surface area contributed by atoms with Crippen molar-refractivity contribution in [2.45, 2.75) is 44.4 Å². The van der Waals surface area contributed by atoms with Crippen LogP contribution in [0.2, 0.25) is 0 Å². The monoisotopic (exact) mass is 473 g/mol. The fraction of sp³-hybridized carbons (Fsp3) is 0.480. The van der Waals surface area contributed by atoms with E-state index in [1.807, 2.05) is 0 Å². The fourth-order valence-electron chi connectivity index (χ4n) is 4.51. The predicted molar refractivity (Wildman–Crippen MR) is 129 cm³/mol. The number of amides is 1. The third-order valence-electron chi connectivity index (χ3n) is 6.79. The van der Waals surface area contributed by atoms with Gasteiger partial charge in [-0.15, -0.1) is 0 Å². The van der Waals surface area contributed by atoms with Gasteiger partial charge in [-0.1, -0.05) is 19.9 Å². The van der Waals surface area contributed by atoms with Gasteiger partial charge in [0.2, 0.25) is 10.0 Å². The molecular formula is C25H32FN3O3S. The summed E-state index contributed by atoms with van der Waals surface area (Å²) in [6.45, 7) is 6.90. The number of nitrogens with zero attached hydrogens (tertiary/aromatic N) is 2. The van der Waals surface area contributed by atoms with Gasteiger partial charge in [0.25, 0.3) is 5.91 Å². The van der Waals surface area contributed by atoms with Crippen LogP contribution in [0.3, 0.4) is 0 Å². The van der Waals surface area contributed by atoms with Crippen molar-refractivity contribution in [3.63, 3.8) is 0 Å². The van der Waals surface area contributed by atoms with E-state index in [9.17, 15) is 17.6 Å². The molecule has 0 aromatic heterocycles. The SMILES string of the molecule is CC1CCN(c2ccc(C(=O)Nc3cccc(F)c3)cc2S(=O)(=O)N2CCC(C)CC2)CC1. The van der Waals surface area contributed by atoms with Gasteiger partial charge in [-0.25, -0.2) is 12.8 Å². The molecule has 0 radical (unpaired) electrons. The Balaban J connectivity index is 1.68. The van der Waals surface area contributed by atoms with E-state index in [-0.39, 0.29) is 10.5 Å². The molecule has 0 saturated carbocycles. The van der Waals surface area contributed by atoms with Crippen LogP contribution in [-0.4, -0.2) is 44.8 Å². The second-order valence-electron chi connectivity index (χ2n) is 9.40. The minimum atomic E-state index is -3.76. The summed E-state index contributed by atoms with van der Waals surface area (Å²) in [7, 11) is -3.76. The van der Waals surface area contributed by atoms with Crippen molar-refractivity contribution >= 4 is 27.3 Å². The van der Waals surface area contributed by atoms with Crippen molar-refractivity contribution < 1.29 is 17.6 Å². The number of benzene rings is 2. The van der Waals surface area contributed by atoms with Crippen LogP contribution in [-0.2, 0) is 10.0 Å². The molecule has 0 bridgehead atoms. The number of halogens is 1. The zero-order valence-electron chi connectivity index (χ0n) is 19.3. The first-order valence-electron chi connectivity index (χ1n) is 11.7. The molecule has 2 aliphatic rings. The molecule has 0 unspecified atom stereocenters. The summed E-state index contributed by atoms with van der Waals surface area (Å²) in [4.78, 5) is 15.2. The maximum absolute atomic E-state index is 13.7. The first-order valence-corrected chi connectivity index (χ1v) is 13.1. The molecule has 1 N–H and O–H groups in total. The van der Waals surface area contributed by atoms with Gasteiger partial charge in [-0.3, -0.25) is 4.79 Å². The Morgan fingerprint density at radius 3 is 2.21 bits per heavy atom. The molecule has 2 aromatic carbocycles. The number of nitrogens with one attached hydrogen (secondary N) is 1. The van der Waals surface area contributed by atoms with E-state index in [1.54, 1.807) is 22.5 Å². The van der Waals surface area contributed by atoms with Gasteiger partial charge in [0, 0.05) is 37.4 Å². The van der Waals surface area contributed by atoms with Gasteiger partial charge in [0.15, 0.2) is 0 Å². The molecule has 8 heteroatoms. The number of sulfonamides is 1. The van der Waals surface area contributed by atoms with Crippen LogP contribution in [0.15, 0.2) is 47.4 Å². The lowest BCUT2D eigenvalue weighted by Crippen LogP contribution is -2.39. The molecule has 2 aliphatic heterocycles. The highest BCUT2D eigenvalue weighted by Gasteiger charge is 2.32. The number of piperidine rings is 2. The van der Waals surface area contributed by atoms with Gasteiger partial charge in [0.1, 0.15) is 10.7 Å². The lowest BCUT2D eigenvalue weighted by atomic mass is 9.98. The summed E-state index contributed by atoms with van der Waals surface area (Å²) in [6, 6.07) is 10.5. The van der Waals surface area contributed by atoms with Crippen LogP contribution in [0, 0.1) is 17.7 Å². The van der Waals surface area contributed by atoms with Crippen LogP contribution in [0.5, 0.6) is 0 Å². The van der Waals surface area contributed by atoms with Crippen molar-refractivity contribution in [3.05, 3.63) is 53.8 Å². The van der Waals surface area contributed by atoms with E-state index in [2.05, 4.69) is 24.1 Å². The largest absolute Gasteiger partial charge is 0.370 e. The van der Waals surface area contributed by atoms with Crippen molar-refractivity contribution in [1.29, 1.82) is 0 Å². The number of rotatable bonds is 5. The second kappa shape index (κ2) is 9.81. The molecule has 2 saturated heterocycles. The summed E-state index contributed by atoms with van der Waals surface area (Å²) in [6.07, 6.45) is 3.66. The Labute approximate surface area is 195 Å². The van der Waals surface area contributed by atoms with Crippen molar-refractivity contribution in [3.8, 4) is 0 Å². The summed E-state index contributed by atoms with van der Waals surface area (Å²) in [5.41, 5.74) is 1.21. The van der Waals surface area contributed by atoms with Gasteiger partial charge >= 0.3 is 0 Å². The lowest BCUT2D eigenvalue weighted by molar-refractivity contribution is 0.102. The molecule has 2 fully saturated rings. The van der Waals surface area contributed by atoms with Crippen LogP contribution >= 0.6 is 0 Å². The zero-order valence-corrected chi connectivity index (χ0v) is 20.1. The van der Waals surface area contributed by atoms with Crippen molar-refractivity contribution in [1.82, 2.24) is 4.31 Å². The Hall–Kier alpha value is -2.45. The third kappa shape index (κ3) is 5.38. The van der Waals surface area contributed by atoms with E-state index in [0.717, 1.165) is 38.8 Å². The first kappa shape index (κ1) is 23.7. The molecule has 0 spiro atoms. The molecule has 33 heavy (non-hydrogen) atoms. The summed E-state index contributed by atoms with van der Waals surface area (Å²) in [5.74, 6) is 0.192. The first-order chi connectivity index (χ1) is 15.7. The standard InChI is InChI=1S/C25H32FN3O3S/c1-18-8-12-28(13-9-18)23-7-6-20(25(30)27-22-5-3-4-21(26)17-22)16-24(23)33(31,32)29-14-10-19(2)11-15-29/h3-7,16-19H,8-15H2,1-2H3,(H,27,30). The van der Waals surface area contributed by atoms with E-state index in [0.29, 0.717) is 36.3 Å². The van der Waals surface area contributed by atoms with Crippen LogP contribution in [0.25, 0.3) is 0 Å². The minimum Gasteiger partial charge on any atom is -0.370 e. The Bertz CT molecular complexity index is 1110. The topological polar surface area (TPSA) is 69.7 Å². The van der Waals surface area contributed by atoms with Gasteiger partial charge in [-0.2, -0.15) is 4.31 Å². The number of carbonyl (C=O) groups excluding carboxylic acids is 1. The zero-order chi connectivity index (χ0) is 23.6. The maximum atomic E-state index is 13.7. The second-order valence-corrected chi connectivity index (χ2v) is 11.3. The van der Waals surface area contributed by atoms with E-state index in [1.165, 1.54) is 24.3 Å². The Morgan fingerprint density at radius 1 is 0.939 bits per heavy atom. The molecule has 2 aromatic rings. The van der Waals surface area contributed by atoms with Crippen molar-refractivity contribution in [2.24, 2.45) is 11.8 Å². The Morgan fingerprint density at radius 2 is 1.58 bits per heavy atom. The van der Waals surface area contributed by atoms with E-state index >= 15 is 0 Å². The van der Waals surface area contributed by atoms with Gasteiger partial charge in [0.05, 0.1) is 5.69 Å². The highest BCUT2D eigenvalue weighted by atomic mass is 32.2. The highest BCUT2D eigenvalue weighted by Crippen LogP contribution is 2.34. The molecule has 0 aliphatic carbocycles. The average molecular weight is 474 g/mol. The predicted octanol–water partition coefficient (Wildman–Crippen LogP) is 4.73. The fourth-order valence-corrected chi connectivity index (χ4v) is 6.21. The average Bonchev–Trinajstić information content (AvgIpc) is 2.79. The molecule has 2 heterocycles. The smallest absolute Gasteiger partial charge is 0.255 e. The summed E-state index contributed by atoms with van der Waals surface area (Å²) >= 11 is 0. The van der Waals surface area contributed by atoms with Crippen LogP contribution in [0.1, 0.15) is 49.9 Å². The number of anilines is 2. The molecule has 4 rings (SSSR count). The number of hydrogen-bond acceptors (Lipinski definition) is 4. The summed E-state index contributed by atoms with van der Waals surface area (Å²) < 4.78 is 42.5.